The normalized spacial score (nSPS) is 20.8. The van der Waals surface area contributed by atoms with Gasteiger partial charge in [0.1, 0.15) is 0 Å². The molecule has 0 aliphatic carbocycles. The van der Waals surface area contributed by atoms with Crippen LogP contribution in [-0.4, -0.2) is 30.4 Å². The van der Waals surface area contributed by atoms with Gasteiger partial charge >= 0.3 is 0 Å². The summed E-state index contributed by atoms with van der Waals surface area (Å²) < 4.78 is 0. The van der Waals surface area contributed by atoms with E-state index in [1.54, 1.807) is 6.07 Å². The van der Waals surface area contributed by atoms with Gasteiger partial charge in [-0.2, -0.15) is 0 Å². The van der Waals surface area contributed by atoms with Crippen molar-refractivity contribution in [2.24, 2.45) is 5.73 Å². The van der Waals surface area contributed by atoms with Crippen LogP contribution in [0.3, 0.4) is 0 Å². The van der Waals surface area contributed by atoms with Gasteiger partial charge in [-0.15, -0.1) is 0 Å². The van der Waals surface area contributed by atoms with Gasteiger partial charge in [-0.05, 0) is 56.0 Å². The van der Waals surface area contributed by atoms with Crippen molar-refractivity contribution in [1.82, 2.24) is 4.90 Å². The molecule has 1 aromatic carbocycles. The van der Waals surface area contributed by atoms with Crippen molar-refractivity contribution in [3.05, 3.63) is 35.4 Å². The summed E-state index contributed by atoms with van der Waals surface area (Å²) in [6.07, 6.45) is 3.65. The lowest BCUT2D eigenvalue weighted by atomic mass is 9.89. The molecule has 1 fully saturated rings. The molecule has 0 bridgehead atoms. The second-order valence-electron chi connectivity index (χ2n) is 5.13. The van der Waals surface area contributed by atoms with Crippen LogP contribution in [0.1, 0.15) is 48.0 Å². The van der Waals surface area contributed by atoms with Crippen molar-refractivity contribution < 1.29 is 4.79 Å². The Morgan fingerprint density at radius 3 is 3.06 bits per heavy atom. The van der Waals surface area contributed by atoms with E-state index in [0.29, 0.717) is 11.5 Å². The summed E-state index contributed by atoms with van der Waals surface area (Å²) in [5, 5.41) is 0. The Morgan fingerprint density at radius 1 is 1.50 bits per heavy atom. The van der Waals surface area contributed by atoms with Gasteiger partial charge in [0.2, 0.25) is 5.91 Å². The Hall–Kier alpha value is -1.35. The summed E-state index contributed by atoms with van der Waals surface area (Å²) in [7, 11) is 0. The van der Waals surface area contributed by atoms with Crippen molar-refractivity contribution in [1.29, 1.82) is 0 Å². The minimum atomic E-state index is -0.335. The molecule has 1 heterocycles. The number of nitrogens with two attached hydrogens (primary N) is 1. The Balaban J connectivity index is 2.10. The Morgan fingerprint density at radius 2 is 2.33 bits per heavy atom. The zero-order chi connectivity index (χ0) is 13.0. The van der Waals surface area contributed by atoms with Gasteiger partial charge in [0.15, 0.2) is 0 Å². The van der Waals surface area contributed by atoms with Gasteiger partial charge in [-0.3, -0.25) is 4.79 Å². The number of rotatable bonds is 4. The first-order valence-corrected chi connectivity index (χ1v) is 6.83. The fourth-order valence-electron chi connectivity index (χ4n) is 2.79. The predicted octanol–water partition coefficient (Wildman–Crippen LogP) is 2.37. The highest BCUT2D eigenvalue weighted by molar-refractivity contribution is 5.92. The number of piperidine rings is 1. The van der Waals surface area contributed by atoms with E-state index >= 15 is 0 Å². The van der Waals surface area contributed by atoms with Crippen molar-refractivity contribution in [2.45, 2.75) is 32.1 Å². The van der Waals surface area contributed by atoms with Crippen molar-refractivity contribution in [3.63, 3.8) is 0 Å². The molecule has 0 unspecified atom stereocenters. The third-order valence-electron chi connectivity index (χ3n) is 3.69. The molecule has 1 aromatic rings. The zero-order valence-corrected chi connectivity index (χ0v) is 11.1. The largest absolute Gasteiger partial charge is 0.366 e. The van der Waals surface area contributed by atoms with E-state index in [0.717, 1.165) is 6.54 Å². The monoisotopic (exact) mass is 246 g/mol. The van der Waals surface area contributed by atoms with E-state index in [-0.39, 0.29) is 5.91 Å². The van der Waals surface area contributed by atoms with E-state index < -0.39 is 0 Å². The fraction of sp³-hybridized carbons (Fsp3) is 0.533. The third kappa shape index (κ3) is 3.10. The SMILES string of the molecule is CCCN1CCC[C@H](c2cccc(C(N)=O)c2)C1. The summed E-state index contributed by atoms with van der Waals surface area (Å²) in [4.78, 5) is 13.7. The quantitative estimate of drug-likeness (QED) is 0.886. The second-order valence-corrected chi connectivity index (χ2v) is 5.13. The number of likely N-dealkylation sites (tertiary alicyclic amines) is 1. The molecular weight excluding hydrogens is 224 g/mol. The molecule has 1 aliphatic heterocycles. The maximum atomic E-state index is 11.2. The molecule has 2 N–H and O–H groups in total. The first kappa shape index (κ1) is 13.1. The van der Waals surface area contributed by atoms with Crippen molar-refractivity contribution >= 4 is 5.91 Å². The van der Waals surface area contributed by atoms with Crippen LogP contribution in [0.5, 0.6) is 0 Å². The number of hydrogen-bond donors (Lipinski definition) is 1. The fourth-order valence-corrected chi connectivity index (χ4v) is 2.79. The highest BCUT2D eigenvalue weighted by Crippen LogP contribution is 2.27. The van der Waals surface area contributed by atoms with E-state index in [2.05, 4.69) is 17.9 Å². The van der Waals surface area contributed by atoms with Crippen LogP contribution in [-0.2, 0) is 0 Å². The highest BCUT2D eigenvalue weighted by Gasteiger charge is 2.21. The van der Waals surface area contributed by atoms with Crippen LogP contribution < -0.4 is 5.73 Å². The lowest BCUT2D eigenvalue weighted by molar-refractivity contribution is 0.1000. The topological polar surface area (TPSA) is 46.3 Å². The zero-order valence-electron chi connectivity index (χ0n) is 11.1. The number of carbonyl (C=O) groups is 1. The molecule has 3 nitrogen and oxygen atoms in total. The number of benzene rings is 1. The summed E-state index contributed by atoms with van der Waals surface area (Å²) in [6.45, 7) is 5.71. The number of hydrogen-bond acceptors (Lipinski definition) is 2. The van der Waals surface area contributed by atoms with Crippen molar-refractivity contribution in [3.8, 4) is 0 Å². The number of amides is 1. The molecule has 98 valence electrons. The Labute approximate surface area is 109 Å². The van der Waals surface area contributed by atoms with E-state index in [1.165, 1.54) is 37.9 Å². The lowest BCUT2D eigenvalue weighted by Crippen LogP contribution is -2.34. The maximum Gasteiger partial charge on any atom is 0.248 e. The third-order valence-corrected chi connectivity index (χ3v) is 3.69. The Kier molecular flexibility index (Phi) is 4.37. The summed E-state index contributed by atoms with van der Waals surface area (Å²) >= 11 is 0. The average molecular weight is 246 g/mol. The molecule has 1 saturated heterocycles. The minimum Gasteiger partial charge on any atom is -0.366 e. The van der Waals surface area contributed by atoms with Crippen LogP contribution in [0.4, 0.5) is 0 Å². The first-order valence-electron chi connectivity index (χ1n) is 6.83. The molecule has 18 heavy (non-hydrogen) atoms. The first-order chi connectivity index (χ1) is 8.70. The van der Waals surface area contributed by atoms with Crippen LogP contribution in [0.2, 0.25) is 0 Å². The lowest BCUT2D eigenvalue weighted by Gasteiger charge is -2.32. The molecule has 0 radical (unpaired) electrons. The Bertz CT molecular complexity index is 415. The van der Waals surface area contributed by atoms with Gasteiger partial charge in [-0.25, -0.2) is 0 Å². The van der Waals surface area contributed by atoms with Crippen LogP contribution in [0, 0.1) is 0 Å². The van der Waals surface area contributed by atoms with Gasteiger partial charge in [0.25, 0.3) is 0 Å². The maximum absolute atomic E-state index is 11.2. The molecule has 1 aliphatic rings. The number of primary amides is 1. The molecule has 0 spiro atoms. The van der Waals surface area contributed by atoms with Gasteiger partial charge in [0.05, 0.1) is 0 Å². The number of nitrogens with zero attached hydrogens (tertiary/aromatic N) is 1. The van der Waals surface area contributed by atoms with Crippen LogP contribution in [0.25, 0.3) is 0 Å². The molecule has 3 heteroatoms. The van der Waals surface area contributed by atoms with E-state index in [9.17, 15) is 4.79 Å². The molecular formula is C15H22N2O. The molecule has 0 saturated carbocycles. The average Bonchev–Trinajstić information content (AvgIpc) is 2.39. The summed E-state index contributed by atoms with van der Waals surface area (Å²) in [5.74, 6) is 0.211. The van der Waals surface area contributed by atoms with Crippen LogP contribution >= 0.6 is 0 Å². The standard InChI is InChI=1S/C15H22N2O/c1-2-8-17-9-4-7-14(11-17)12-5-3-6-13(10-12)15(16)18/h3,5-6,10,14H,2,4,7-9,11H2,1H3,(H2,16,18)/t14-/m0/s1. The molecule has 0 aromatic heterocycles. The highest BCUT2D eigenvalue weighted by atomic mass is 16.1. The van der Waals surface area contributed by atoms with E-state index in [4.69, 9.17) is 5.73 Å². The molecule has 2 rings (SSSR count). The number of carbonyl (C=O) groups excluding carboxylic acids is 1. The smallest absolute Gasteiger partial charge is 0.248 e. The minimum absolute atomic E-state index is 0.335. The molecule has 1 amide bonds. The molecule has 1 atom stereocenters. The van der Waals surface area contributed by atoms with E-state index in [1.807, 2.05) is 12.1 Å². The summed E-state index contributed by atoms with van der Waals surface area (Å²) in [5.41, 5.74) is 7.22. The van der Waals surface area contributed by atoms with Gasteiger partial charge < -0.3 is 10.6 Å². The van der Waals surface area contributed by atoms with Crippen LogP contribution in [0.15, 0.2) is 24.3 Å². The van der Waals surface area contributed by atoms with Gasteiger partial charge in [-0.1, -0.05) is 19.1 Å². The van der Waals surface area contributed by atoms with Crippen molar-refractivity contribution in [2.75, 3.05) is 19.6 Å². The predicted molar refractivity (Wildman–Crippen MR) is 73.7 cm³/mol. The van der Waals surface area contributed by atoms with Gasteiger partial charge in [0, 0.05) is 12.1 Å². The second kappa shape index (κ2) is 6.01. The summed E-state index contributed by atoms with van der Waals surface area (Å²) in [6, 6.07) is 7.81.